The van der Waals surface area contributed by atoms with E-state index in [0.29, 0.717) is 34.2 Å². The van der Waals surface area contributed by atoms with E-state index in [1.807, 2.05) is 30.3 Å². The van der Waals surface area contributed by atoms with E-state index in [1.165, 1.54) is 26.2 Å². The van der Waals surface area contributed by atoms with Gasteiger partial charge in [0.15, 0.2) is 0 Å². The van der Waals surface area contributed by atoms with E-state index >= 15 is 0 Å². The molecule has 2 aromatic carbocycles. The van der Waals surface area contributed by atoms with E-state index in [2.05, 4.69) is 10.1 Å². The fraction of sp³-hybridized carbons (Fsp3) is 0.250. The molecule has 0 aliphatic carbocycles. The van der Waals surface area contributed by atoms with Gasteiger partial charge < -0.3 is 9.47 Å². The van der Waals surface area contributed by atoms with Crippen molar-refractivity contribution in [2.24, 2.45) is 0 Å². The Kier molecular flexibility index (Phi) is 6.18. The van der Waals surface area contributed by atoms with Crippen LogP contribution in [0.4, 0.5) is 5.69 Å². The van der Waals surface area contributed by atoms with E-state index < -0.39 is 10.2 Å². The number of para-hydroxylation sites is 1. The van der Waals surface area contributed by atoms with Crippen LogP contribution in [0.3, 0.4) is 0 Å². The van der Waals surface area contributed by atoms with Gasteiger partial charge >= 0.3 is 10.2 Å². The maximum Gasteiger partial charge on any atom is 0.301 e. The van der Waals surface area contributed by atoms with Gasteiger partial charge in [-0.1, -0.05) is 18.2 Å². The molecular formula is C20H24N4O5S. The summed E-state index contributed by atoms with van der Waals surface area (Å²) in [4.78, 5) is 11.9. The number of nitrogens with zero attached hydrogens (tertiary/aromatic N) is 2. The molecule has 1 aliphatic heterocycles. The van der Waals surface area contributed by atoms with E-state index in [0.717, 1.165) is 4.31 Å². The number of benzene rings is 2. The van der Waals surface area contributed by atoms with Crippen LogP contribution in [0.15, 0.2) is 54.3 Å². The summed E-state index contributed by atoms with van der Waals surface area (Å²) in [6, 6.07) is 14.1. The molecule has 1 amide bonds. The summed E-state index contributed by atoms with van der Waals surface area (Å²) in [5.41, 5.74) is 4.18. The van der Waals surface area contributed by atoms with Crippen LogP contribution in [0, 0.1) is 0 Å². The van der Waals surface area contributed by atoms with Gasteiger partial charge in [0.1, 0.15) is 23.0 Å². The van der Waals surface area contributed by atoms with Crippen LogP contribution < -0.4 is 14.9 Å². The molecule has 1 heterocycles. The van der Waals surface area contributed by atoms with Gasteiger partial charge in [-0.3, -0.25) is 20.0 Å². The Balaban J connectivity index is 2.13. The minimum Gasteiger partial charge on any atom is -0.498 e. The molecular weight excluding hydrogens is 408 g/mol. The minimum atomic E-state index is -3.70. The highest BCUT2D eigenvalue weighted by Gasteiger charge is 2.27. The fourth-order valence-corrected chi connectivity index (χ4v) is 3.53. The second kappa shape index (κ2) is 8.64. The first-order chi connectivity index (χ1) is 14.2. The van der Waals surface area contributed by atoms with Crippen LogP contribution in [0.25, 0.3) is 5.70 Å². The third-order valence-electron chi connectivity index (χ3n) is 4.39. The van der Waals surface area contributed by atoms with Crippen LogP contribution in [-0.2, 0) is 19.7 Å². The third kappa shape index (κ3) is 4.66. The quantitative estimate of drug-likeness (QED) is 0.697. The first-order valence-electron chi connectivity index (χ1n) is 9.09. The van der Waals surface area contributed by atoms with Crippen LogP contribution in [-0.4, -0.2) is 51.9 Å². The molecule has 2 aromatic rings. The topological polar surface area (TPSA) is 100 Å². The molecule has 0 saturated carbocycles. The zero-order chi connectivity index (χ0) is 21.9. The molecule has 0 spiro atoms. The zero-order valence-electron chi connectivity index (χ0n) is 17.2. The molecule has 9 nitrogen and oxygen atoms in total. The number of ether oxygens (including phenoxy) is 2. The summed E-state index contributed by atoms with van der Waals surface area (Å²) < 4.78 is 39.6. The summed E-state index contributed by atoms with van der Waals surface area (Å²) in [6.45, 7) is 0. The van der Waals surface area contributed by atoms with Crippen molar-refractivity contribution >= 4 is 27.5 Å². The Hall–Kier alpha value is -3.24. The first kappa shape index (κ1) is 21.5. The van der Waals surface area contributed by atoms with Crippen molar-refractivity contribution in [2.75, 3.05) is 33.0 Å². The predicted molar refractivity (Wildman–Crippen MR) is 114 cm³/mol. The van der Waals surface area contributed by atoms with Gasteiger partial charge in [0, 0.05) is 26.7 Å². The average Bonchev–Trinajstić information content (AvgIpc) is 2.69. The molecule has 0 unspecified atom stereocenters. The Labute approximate surface area is 176 Å². The molecule has 0 saturated heterocycles. The van der Waals surface area contributed by atoms with Gasteiger partial charge in [0.05, 0.1) is 19.2 Å². The molecule has 0 radical (unpaired) electrons. The van der Waals surface area contributed by atoms with Gasteiger partial charge in [0.25, 0.3) is 0 Å². The summed E-state index contributed by atoms with van der Waals surface area (Å²) in [6.07, 6.45) is 0.0502. The predicted octanol–water partition coefficient (Wildman–Crippen LogP) is 2.38. The highest BCUT2D eigenvalue weighted by atomic mass is 32.2. The fourth-order valence-electron chi connectivity index (χ4n) is 2.92. The van der Waals surface area contributed by atoms with E-state index in [-0.39, 0.29) is 12.3 Å². The number of hydrazine groups is 1. The standard InChI is InChI=1S/C20H24N4O5S/c1-23(2)30(26,27)22-14-10-11-17(29-15-8-6-5-7-9-15)16(12-14)20-18(28-4)13-19(25)21-24(20)3/h5-12,22H,13H2,1-4H3,(H,21,25). The van der Waals surface area contributed by atoms with Gasteiger partial charge in [-0.2, -0.15) is 12.7 Å². The largest absolute Gasteiger partial charge is 0.498 e. The SMILES string of the molecule is COC1=C(c2cc(NS(=O)(=O)N(C)C)ccc2Oc2ccccc2)N(C)NC(=O)C1. The van der Waals surface area contributed by atoms with Gasteiger partial charge in [-0.15, -0.1) is 0 Å². The maximum atomic E-state index is 12.3. The third-order valence-corrected chi connectivity index (χ3v) is 5.85. The van der Waals surface area contributed by atoms with E-state index in [9.17, 15) is 13.2 Å². The Morgan fingerprint density at radius 2 is 1.83 bits per heavy atom. The molecule has 2 N–H and O–H groups in total. The lowest BCUT2D eigenvalue weighted by atomic mass is 10.1. The van der Waals surface area contributed by atoms with Crippen molar-refractivity contribution in [1.29, 1.82) is 0 Å². The van der Waals surface area contributed by atoms with Crippen LogP contribution in [0.1, 0.15) is 12.0 Å². The second-order valence-electron chi connectivity index (χ2n) is 6.76. The molecule has 0 atom stereocenters. The summed E-state index contributed by atoms with van der Waals surface area (Å²) in [7, 11) is 2.33. The van der Waals surface area contributed by atoms with Gasteiger partial charge in [0.2, 0.25) is 5.91 Å². The van der Waals surface area contributed by atoms with Crippen molar-refractivity contribution in [1.82, 2.24) is 14.7 Å². The van der Waals surface area contributed by atoms with Crippen molar-refractivity contribution < 1.29 is 22.7 Å². The number of nitrogens with one attached hydrogen (secondary N) is 2. The lowest BCUT2D eigenvalue weighted by Crippen LogP contribution is -2.42. The number of hydrogen-bond acceptors (Lipinski definition) is 6. The number of hydrogen-bond donors (Lipinski definition) is 2. The minimum absolute atomic E-state index is 0.0502. The Morgan fingerprint density at radius 1 is 1.13 bits per heavy atom. The summed E-state index contributed by atoms with van der Waals surface area (Å²) >= 11 is 0. The van der Waals surface area contributed by atoms with Crippen LogP contribution in [0.2, 0.25) is 0 Å². The smallest absolute Gasteiger partial charge is 0.301 e. The van der Waals surface area contributed by atoms with E-state index in [4.69, 9.17) is 9.47 Å². The monoisotopic (exact) mass is 432 g/mol. The molecule has 1 aliphatic rings. The summed E-state index contributed by atoms with van der Waals surface area (Å²) in [5.74, 6) is 1.31. The molecule has 0 aromatic heterocycles. The molecule has 3 rings (SSSR count). The van der Waals surface area contributed by atoms with E-state index in [1.54, 1.807) is 25.2 Å². The van der Waals surface area contributed by atoms with Crippen molar-refractivity contribution in [3.8, 4) is 11.5 Å². The molecule has 0 bridgehead atoms. The molecule has 160 valence electrons. The van der Waals surface area contributed by atoms with Crippen molar-refractivity contribution in [3.05, 3.63) is 59.9 Å². The van der Waals surface area contributed by atoms with Crippen LogP contribution in [0.5, 0.6) is 11.5 Å². The number of carbonyl (C=O) groups excluding carboxylic acids is 1. The van der Waals surface area contributed by atoms with Crippen molar-refractivity contribution in [3.63, 3.8) is 0 Å². The lowest BCUT2D eigenvalue weighted by molar-refractivity contribution is -0.125. The van der Waals surface area contributed by atoms with Crippen LogP contribution >= 0.6 is 0 Å². The molecule has 30 heavy (non-hydrogen) atoms. The zero-order valence-corrected chi connectivity index (χ0v) is 18.0. The Morgan fingerprint density at radius 3 is 2.47 bits per heavy atom. The van der Waals surface area contributed by atoms with Gasteiger partial charge in [-0.05, 0) is 30.3 Å². The number of rotatable bonds is 7. The second-order valence-corrected chi connectivity index (χ2v) is 8.65. The number of methoxy groups -OCH3 is 1. The lowest BCUT2D eigenvalue weighted by Gasteiger charge is -2.31. The summed E-state index contributed by atoms with van der Waals surface area (Å²) in [5, 5.41) is 1.53. The maximum absolute atomic E-state index is 12.3. The molecule has 10 heteroatoms. The van der Waals surface area contributed by atoms with Crippen molar-refractivity contribution in [2.45, 2.75) is 6.42 Å². The first-order valence-corrected chi connectivity index (χ1v) is 10.5. The number of amides is 1. The highest BCUT2D eigenvalue weighted by Crippen LogP contribution is 2.37. The highest BCUT2D eigenvalue weighted by molar-refractivity contribution is 7.90. The number of anilines is 1. The average molecular weight is 433 g/mol. The normalized spacial score (nSPS) is 14.6. The molecule has 0 fully saturated rings. The Bertz CT molecular complexity index is 1070. The van der Waals surface area contributed by atoms with Gasteiger partial charge in [-0.25, -0.2) is 0 Å². The number of carbonyl (C=O) groups is 1.